The molecule has 2 heterocycles. The van der Waals surface area contributed by atoms with E-state index in [0.29, 0.717) is 29.5 Å². The van der Waals surface area contributed by atoms with Crippen LogP contribution in [0.2, 0.25) is 0 Å². The molecule has 1 atom stereocenters. The van der Waals surface area contributed by atoms with Crippen LogP contribution in [-0.2, 0) is 0 Å². The minimum Gasteiger partial charge on any atom is -0.454 e. The molecule has 0 radical (unpaired) electrons. The maximum atomic E-state index is 12.8. The smallest absolute Gasteiger partial charge is 0.253 e. The Labute approximate surface area is 156 Å². The van der Waals surface area contributed by atoms with Gasteiger partial charge in [-0.1, -0.05) is 12.1 Å². The molecule has 2 aromatic rings. The second-order valence-corrected chi connectivity index (χ2v) is 7.56. The van der Waals surface area contributed by atoms with Crippen LogP contribution in [0.25, 0.3) is 0 Å². The number of ether oxygens (including phenoxy) is 2. The fourth-order valence-corrected chi connectivity index (χ4v) is 4.48. The summed E-state index contributed by atoms with van der Waals surface area (Å²) in [6.45, 7) is 1.68. The Kier molecular flexibility index (Phi) is 4.72. The summed E-state index contributed by atoms with van der Waals surface area (Å²) in [5.41, 5.74) is 2.30. The zero-order valence-corrected chi connectivity index (χ0v) is 15.0. The monoisotopic (exact) mass is 366 g/mol. The molecule has 0 bridgehead atoms. The van der Waals surface area contributed by atoms with Crippen molar-refractivity contribution in [1.29, 1.82) is 5.26 Å². The Hall–Kier alpha value is -2.65. The lowest BCUT2D eigenvalue weighted by Crippen LogP contribution is -2.33. The number of nitrogens with zero attached hydrogens (tertiary/aromatic N) is 2. The number of amides is 1. The molecular weight excluding hydrogens is 348 g/mol. The van der Waals surface area contributed by atoms with E-state index in [1.807, 2.05) is 28.8 Å². The van der Waals surface area contributed by atoms with E-state index < -0.39 is 0 Å². The summed E-state index contributed by atoms with van der Waals surface area (Å²) in [6.07, 6.45) is 0.883. The van der Waals surface area contributed by atoms with E-state index in [1.54, 1.807) is 24.3 Å². The lowest BCUT2D eigenvalue weighted by molar-refractivity contribution is 0.0766. The van der Waals surface area contributed by atoms with Crippen molar-refractivity contribution in [3.05, 3.63) is 59.2 Å². The van der Waals surface area contributed by atoms with Gasteiger partial charge in [0.2, 0.25) is 6.79 Å². The topological polar surface area (TPSA) is 62.6 Å². The van der Waals surface area contributed by atoms with Gasteiger partial charge in [0.25, 0.3) is 5.91 Å². The maximum Gasteiger partial charge on any atom is 0.253 e. The number of thioether (sulfide) groups is 1. The minimum atomic E-state index is -0.00552. The fraction of sp³-hybridized carbons (Fsp3) is 0.300. The molecule has 4 rings (SSSR count). The highest BCUT2D eigenvalue weighted by Crippen LogP contribution is 2.40. The minimum absolute atomic E-state index is 0.00552. The summed E-state index contributed by atoms with van der Waals surface area (Å²) in [6, 6.07) is 15.1. The van der Waals surface area contributed by atoms with Crippen LogP contribution in [0.5, 0.6) is 11.5 Å². The van der Waals surface area contributed by atoms with Crippen LogP contribution in [0.3, 0.4) is 0 Å². The van der Waals surface area contributed by atoms with Gasteiger partial charge in [0, 0.05) is 29.7 Å². The molecule has 0 aromatic heterocycles. The van der Waals surface area contributed by atoms with Crippen LogP contribution in [-0.4, -0.2) is 36.4 Å². The molecule has 2 aliphatic heterocycles. The van der Waals surface area contributed by atoms with Crippen LogP contribution in [0.15, 0.2) is 42.5 Å². The summed E-state index contributed by atoms with van der Waals surface area (Å²) in [5.74, 6) is 2.46. The van der Waals surface area contributed by atoms with Crippen LogP contribution in [0.1, 0.15) is 33.2 Å². The zero-order valence-electron chi connectivity index (χ0n) is 14.2. The Morgan fingerprint density at radius 1 is 1.15 bits per heavy atom. The van der Waals surface area contributed by atoms with E-state index in [0.717, 1.165) is 23.7 Å². The van der Waals surface area contributed by atoms with Crippen molar-refractivity contribution < 1.29 is 14.3 Å². The highest BCUT2D eigenvalue weighted by atomic mass is 32.2. The van der Waals surface area contributed by atoms with Gasteiger partial charge in [-0.15, -0.1) is 0 Å². The quantitative estimate of drug-likeness (QED) is 0.812. The first-order valence-electron chi connectivity index (χ1n) is 8.55. The molecule has 0 N–H and O–H groups in total. The van der Waals surface area contributed by atoms with E-state index in [2.05, 4.69) is 12.1 Å². The lowest BCUT2D eigenvalue weighted by Gasteiger charge is -2.20. The molecule has 6 heteroatoms. The highest BCUT2D eigenvalue weighted by molar-refractivity contribution is 7.99. The molecule has 1 amide bonds. The van der Waals surface area contributed by atoms with E-state index in [-0.39, 0.29) is 12.7 Å². The van der Waals surface area contributed by atoms with E-state index in [4.69, 9.17) is 14.7 Å². The number of benzene rings is 2. The Morgan fingerprint density at radius 3 is 2.92 bits per heavy atom. The molecule has 132 valence electrons. The normalized spacial score (nSPS) is 18.9. The van der Waals surface area contributed by atoms with Crippen molar-refractivity contribution in [3.8, 4) is 17.6 Å². The molecule has 1 fully saturated rings. The molecule has 26 heavy (non-hydrogen) atoms. The van der Waals surface area contributed by atoms with Gasteiger partial charge in [0.15, 0.2) is 11.5 Å². The number of hydrogen-bond donors (Lipinski definition) is 0. The number of carbonyl (C=O) groups excluding carboxylic acids is 1. The molecular formula is C20H18N2O3S. The molecule has 0 aliphatic carbocycles. The summed E-state index contributed by atoms with van der Waals surface area (Å²) >= 11 is 1.86. The largest absolute Gasteiger partial charge is 0.454 e. The standard InChI is InChI=1S/C20H18N2O3S/c21-12-14-2-1-3-16(10-14)20(23)22-7-6-19(26-9-8-22)15-4-5-17-18(11-15)25-13-24-17/h1-5,10-11,19H,6-9,13H2. The Morgan fingerprint density at radius 2 is 2.04 bits per heavy atom. The van der Waals surface area contributed by atoms with Crippen molar-refractivity contribution in [2.75, 3.05) is 25.6 Å². The molecule has 5 nitrogen and oxygen atoms in total. The molecule has 1 unspecified atom stereocenters. The number of nitriles is 1. The maximum absolute atomic E-state index is 12.8. The van der Waals surface area contributed by atoms with Crippen LogP contribution in [0, 0.1) is 11.3 Å². The third kappa shape index (κ3) is 3.35. The summed E-state index contributed by atoms with van der Waals surface area (Å²) in [4.78, 5) is 14.7. The fourth-order valence-electron chi connectivity index (χ4n) is 3.26. The lowest BCUT2D eigenvalue weighted by atomic mass is 10.1. The number of hydrogen-bond acceptors (Lipinski definition) is 5. The molecule has 1 saturated heterocycles. The van der Waals surface area contributed by atoms with Crippen molar-refractivity contribution in [1.82, 2.24) is 4.90 Å². The van der Waals surface area contributed by atoms with E-state index in [1.165, 1.54) is 5.56 Å². The first-order valence-corrected chi connectivity index (χ1v) is 9.60. The molecule has 0 saturated carbocycles. The van der Waals surface area contributed by atoms with Crippen molar-refractivity contribution >= 4 is 17.7 Å². The molecule has 2 aromatic carbocycles. The third-order valence-electron chi connectivity index (χ3n) is 4.64. The van der Waals surface area contributed by atoms with E-state index in [9.17, 15) is 4.79 Å². The van der Waals surface area contributed by atoms with Gasteiger partial charge in [-0.3, -0.25) is 4.79 Å². The van der Waals surface area contributed by atoms with Crippen LogP contribution < -0.4 is 9.47 Å². The highest BCUT2D eigenvalue weighted by Gasteiger charge is 2.24. The van der Waals surface area contributed by atoms with Crippen molar-refractivity contribution in [2.45, 2.75) is 11.7 Å². The van der Waals surface area contributed by atoms with Gasteiger partial charge in [0.1, 0.15) is 0 Å². The van der Waals surface area contributed by atoms with Gasteiger partial charge < -0.3 is 14.4 Å². The average molecular weight is 366 g/mol. The van der Waals surface area contributed by atoms with Gasteiger partial charge >= 0.3 is 0 Å². The van der Waals surface area contributed by atoms with E-state index >= 15 is 0 Å². The number of rotatable bonds is 2. The number of fused-ring (bicyclic) bond motifs is 1. The first-order chi connectivity index (χ1) is 12.7. The van der Waals surface area contributed by atoms with Gasteiger partial charge in [-0.05, 0) is 42.3 Å². The third-order valence-corrected chi connectivity index (χ3v) is 5.96. The SMILES string of the molecule is N#Cc1cccc(C(=O)N2CCSC(c3ccc4c(c3)OCO4)CC2)c1. The summed E-state index contributed by atoms with van der Waals surface area (Å²) in [5, 5.41) is 9.36. The second kappa shape index (κ2) is 7.30. The van der Waals surface area contributed by atoms with Gasteiger partial charge in [-0.2, -0.15) is 17.0 Å². The van der Waals surface area contributed by atoms with Crippen LogP contribution in [0.4, 0.5) is 0 Å². The van der Waals surface area contributed by atoms with Gasteiger partial charge in [-0.25, -0.2) is 0 Å². The molecule has 2 aliphatic rings. The first kappa shape index (κ1) is 16.8. The van der Waals surface area contributed by atoms with Crippen LogP contribution >= 0.6 is 11.8 Å². The zero-order chi connectivity index (χ0) is 17.9. The Balaban J connectivity index is 1.46. The Bertz CT molecular complexity index is 878. The second-order valence-electron chi connectivity index (χ2n) is 6.25. The summed E-state index contributed by atoms with van der Waals surface area (Å²) in [7, 11) is 0. The average Bonchev–Trinajstić information content (AvgIpc) is 3.02. The predicted octanol–water partition coefficient (Wildman–Crippen LogP) is 3.61. The van der Waals surface area contributed by atoms with Gasteiger partial charge in [0.05, 0.1) is 11.6 Å². The number of carbonyl (C=O) groups is 1. The molecule has 0 spiro atoms. The van der Waals surface area contributed by atoms with Crippen molar-refractivity contribution in [3.63, 3.8) is 0 Å². The predicted molar refractivity (Wildman–Crippen MR) is 99.4 cm³/mol. The van der Waals surface area contributed by atoms with Crippen molar-refractivity contribution in [2.24, 2.45) is 0 Å². The summed E-state index contributed by atoms with van der Waals surface area (Å²) < 4.78 is 10.9.